The second-order valence-electron chi connectivity index (χ2n) is 5.00. The van der Waals surface area contributed by atoms with E-state index in [2.05, 4.69) is 48.3 Å². The molecule has 0 unspecified atom stereocenters. The van der Waals surface area contributed by atoms with Crippen LogP contribution in [-0.2, 0) is 0 Å². The fourth-order valence-electron chi connectivity index (χ4n) is 2.44. The maximum absolute atomic E-state index is 3.61. The number of hydrogen-bond acceptors (Lipinski definition) is 3. The Balaban J connectivity index is 1.81. The summed E-state index contributed by atoms with van der Waals surface area (Å²) in [6.45, 7) is 3.32. The first-order valence-electron chi connectivity index (χ1n) is 7.47. The van der Waals surface area contributed by atoms with Gasteiger partial charge in [-0.3, -0.25) is 0 Å². The molecule has 0 spiro atoms. The molecular weight excluding hydrogens is 270 g/mol. The minimum atomic E-state index is 0.846. The predicted octanol–water partition coefficient (Wildman–Crippen LogP) is 5.28. The van der Waals surface area contributed by atoms with Crippen molar-refractivity contribution in [2.24, 2.45) is 0 Å². The van der Waals surface area contributed by atoms with Gasteiger partial charge >= 0.3 is 0 Å². The lowest BCUT2D eigenvalue weighted by molar-refractivity contribution is 0.886. The van der Waals surface area contributed by atoms with Crippen molar-refractivity contribution < 1.29 is 0 Å². The molecule has 0 atom stereocenters. The zero-order valence-electron chi connectivity index (χ0n) is 11.9. The van der Waals surface area contributed by atoms with Crippen molar-refractivity contribution in [2.75, 3.05) is 23.4 Å². The first-order valence-corrected chi connectivity index (χ1v) is 9.51. The summed E-state index contributed by atoms with van der Waals surface area (Å²) in [6.07, 6.45) is 6.88. The summed E-state index contributed by atoms with van der Waals surface area (Å²) in [7, 11) is 0. The molecule has 0 aliphatic heterocycles. The second-order valence-corrected chi connectivity index (χ2v) is 7.73. The van der Waals surface area contributed by atoms with Crippen molar-refractivity contribution in [3.05, 3.63) is 24.3 Å². The van der Waals surface area contributed by atoms with Crippen LogP contribution in [0.1, 0.15) is 39.0 Å². The Morgan fingerprint density at radius 2 is 2.00 bits per heavy atom. The summed E-state index contributed by atoms with van der Waals surface area (Å²) in [5.41, 5.74) is 1.33. The lowest BCUT2D eigenvalue weighted by Crippen LogP contribution is -2.04. The molecule has 1 aliphatic rings. The number of para-hydroxylation sites is 1. The fraction of sp³-hybridized carbons (Fsp3) is 0.625. The lowest BCUT2D eigenvalue weighted by atomic mass is 10.3. The van der Waals surface area contributed by atoms with Gasteiger partial charge in [-0.1, -0.05) is 31.9 Å². The van der Waals surface area contributed by atoms with E-state index in [1.54, 1.807) is 0 Å². The molecule has 19 heavy (non-hydrogen) atoms. The van der Waals surface area contributed by atoms with Crippen LogP contribution >= 0.6 is 23.5 Å². The number of rotatable bonds is 8. The fourth-order valence-corrected chi connectivity index (χ4v) is 4.43. The molecule has 1 saturated carbocycles. The van der Waals surface area contributed by atoms with Gasteiger partial charge in [0.15, 0.2) is 0 Å². The standard InChI is InChI=1S/C16H25NS2/c1-2-18-13-7-12-17-15-10-5-6-11-16(15)19-14-8-3-4-9-14/h5-6,10-11,14,17H,2-4,7-9,12-13H2,1H3. The molecule has 1 fully saturated rings. The SMILES string of the molecule is CCSCCCNc1ccccc1SC1CCCC1. The number of hydrogen-bond donors (Lipinski definition) is 1. The number of benzene rings is 1. The van der Waals surface area contributed by atoms with E-state index in [1.807, 2.05) is 11.8 Å². The zero-order chi connectivity index (χ0) is 13.3. The monoisotopic (exact) mass is 295 g/mol. The molecule has 1 aromatic rings. The zero-order valence-corrected chi connectivity index (χ0v) is 13.5. The van der Waals surface area contributed by atoms with Gasteiger partial charge in [0.1, 0.15) is 0 Å². The van der Waals surface area contributed by atoms with E-state index in [-0.39, 0.29) is 0 Å². The molecule has 3 heteroatoms. The highest BCUT2D eigenvalue weighted by molar-refractivity contribution is 8.00. The van der Waals surface area contributed by atoms with E-state index >= 15 is 0 Å². The van der Waals surface area contributed by atoms with Crippen molar-refractivity contribution in [2.45, 2.75) is 49.2 Å². The Labute approximate surface area is 126 Å². The topological polar surface area (TPSA) is 12.0 Å². The van der Waals surface area contributed by atoms with Crippen molar-refractivity contribution >= 4 is 29.2 Å². The molecule has 0 heterocycles. The molecule has 1 nitrogen and oxygen atoms in total. The van der Waals surface area contributed by atoms with Crippen LogP contribution in [0.25, 0.3) is 0 Å². The van der Waals surface area contributed by atoms with Crippen LogP contribution < -0.4 is 5.32 Å². The molecule has 106 valence electrons. The highest BCUT2D eigenvalue weighted by Gasteiger charge is 2.17. The van der Waals surface area contributed by atoms with E-state index < -0.39 is 0 Å². The largest absolute Gasteiger partial charge is 0.384 e. The first kappa shape index (κ1) is 15.1. The van der Waals surface area contributed by atoms with Crippen LogP contribution in [0.2, 0.25) is 0 Å². The Bertz CT molecular complexity index is 362. The van der Waals surface area contributed by atoms with Crippen LogP contribution in [0.4, 0.5) is 5.69 Å². The minimum Gasteiger partial charge on any atom is -0.384 e. The van der Waals surface area contributed by atoms with Gasteiger partial charge in [-0.15, -0.1) is 11.8 Å². The lowest BCUT2D eigenvalue weighted by Gasteiger charge is -2.14. The van der Waals surface area contributed by atoms with Crippen molar-refractivity contribution in [3.8, 4) is 0 Å². The summed E-state index contributed by atoms with van der Waals surface area (Å²) in [5.74, 6) is 2.50. The molecule has 0 bridgehead atoms. The number of thioether (sulfide) groups is 2. The summed E-state index contributed by atoms with van der Waals surface area (Å²) >= 11 is 4.11. The van der Waals surface area contributed by atoms with Crippen LogP contribution in [-0.4, -0.2) is 23.3 Å². The van der Waals surface area contributed by atoms with Gasteiger partial charge in [-0.05, 0) is 42.9 Å². The van der Waals surface area contributed by atoms with Gasteiger partial charge in [-0.25, -0.2) is 0 Å². The molecule has 0 aromatic heterocycles. The van der Waals surface area contributed by atoms with Gasteiger partial charge in [-0.2, -0.15) is 11.8 Å². The van der Waals surface area contributed by atoms with Gasteiger partial charge in [0.25, 0.3) is 0 Å². The van der Waals surface area contributed by atoms with Gasteiger partial charge < -0.3 is 5.32 Å². The van der Waals surface area contributed by atoms with E-state index in [1.165, 1.54) is 54.2 Å². The highest BCUT2D eigenvalue weighted by atomic mass is 32.2. The molecule has 0 amide bonds. The molecule has 1 N–H and O–H groups in total. The summed E-state index contributed by atoms with van der Waals surface area (Å²) in [4.78, 5) is 1.44. The van der Waals surface area contributed by atoms with Gasteiger partial charge in [0.2, 0.25) is 0 Å². The van der Waals surface area contributed by atoms with E-state index in [9.17, 15) is 0 Å². The van der Waals surface area contributed by atoms with Crippen molar-refractivity contribution in [3.63, 3.8) is 0 Å². The molecule has 2 rings (SSSR count). The third kappa shape index (κ3) is 5.31. The number of nitrogens with one attached hydrogen (secondary N) is 1. The third-order valence-electron chi connectivity index (χ3n) is 3.47. The Kier molecular flexibility index (Phi) is 7.00. The van der Waals surface area contributed by atoms with Crippen molar-refractivity contribution in [1.29, 1.82) is 0 Å². The van der Waals surface area contributed by atoms with Crippen LogP contribution in [0.5, 0.6) is 0 Å². The average Bonchev–Trinajstić information content (AvgIpc) is 2.93. The van der Waals surface area contributed by atoms with Crippen LogP contribution in [0.3, 0.4) is 0 Å². The number of anilines is 1. The van der Waals surface area contributed by atoms with Gasteiger partial charge in [0.05, 0.1) is 0 Å². The molecule has 1 aromatic carbocycles. The maximum Gasteiger partial charge on any atom is 0.0478 e. The van der Waals surface area contributed by atoms with Crippen molar-refractivity contribution in [1.82, 2.24) is 0 Å². The first-order chi connectivity index (χ1) is 9.40. The van der Waals surface area contributed by atoms with Crippen LogP contribution in [0.15, 0.2) is 29.2 Å². The highest BCUT2D eigenvalue weighted by Crippen LogP contribution is 2.37. The van der Waals surface area contributed by atoms with E-state index in [0.717, 1.165) is 11.8 Å². The maximum atomic E-state index is 3.61. The Morgan fingerprint density at radius 1 is 1.21 bits per heavy atom. The smallest absolute Gasteiger partial charge is 0.0478 e. The molecule has 0 radical (unpaired) electrons. The Morgan fingerprint density at radius 3 is 2.79 bits per heavy atom. The minimum absolute atomic E-state index is 0.846. The summed E-state index contributed by atoms with van der Waals surface area (Å²) in [5, 5.41) is 4.46. The molecule has 0 saturated heterocycles. The average molecular weight is 296 g/mol. The van der Waals surface area contributed by atoms with E-state index in [0.29, 0.717) is 0 Å². The summed E-state index contributed by atoms with van der Waals surface area (Å²) < 4.78 is 0. The molecular formula is C16H25NS2. The second kappa shape index (κ2) is 8.80. The molecule has 1 aliphatic carbocycles. The van der Waals surface area contributed by atoms with Crippen LogP contribution in [0, 0.1) is 0 Å². The summed E-state index contributed by atoms with van der Waals surface area (Å²) in [6, 6.07) is 8.80. The normalized spacial score (nSPS) is 15.8. The van der Waals surface area contributed by atoms with Gasteiger partial charge in [0, 0.05) is 22.4 Å². The third-order valence-corrected chi connectivity index (χ3v) is 5.87. The Hall–Kier alpha value is -0.280. The quantitative estimate of drug-likeness (QED) is 0.656. The predicted molar refractivity (Wildman–Crippen MR) is 90.7 cm³/mol. The van der Waals surface area contributed by atoms with E-state index in [4.69, 9.17) is 0 Å².